The van der Waals surface area contributed by atoms with E-state index in [0.29, 0.717) is 5.76 Å². The molecule has 0 radical (unpaired) electrons. The van der Waals surface area contributed by atoms with Crippen molar-refractivity contribution in [2.75, 3.05) is 0 Å². The van der Waals surface area contributed by atoms with Crippen LogP contribution in [0, 0.1) is 0 Å². The van der Waals surface area contributed by atoms with Gasteiger partial charge in [-0.25, -0.2) is 9.78 Å². The summed E-state index contributed by atoms with van der Waals surface area (Å²) in [6, 6.07) is 10.8. The van der Waals surface area contributed by atoms with Crippen molar-refractivity contribution in [2.45, 2.75) is 13.2 Å². The minimum absolute atomic E-state index is 0.0789. The fourth-order valence-corrected chi connectivity index (χ4v) is 2.63. The number of furan rings is 1. The maximum Gasteiger partial charge on any atom is 0.374 e. The number of aliphatic hydroxyl groups is 1. The maximum absolute atomic E-state index is 11.7. The lowest BCUT2D eigenvalue weighted by molar-refractivity contribution is 0.0431. The molecule has 20 heavy (non-hydrogen) atoms. The van der Waals surface area contributed by atoms with Crippen molar-refractivity contribution >= 4 is 27.5 Å². The summed E-state index contributed by atoms with van der Waals surface area (Å²) in [6.45, 7) is -0.140. The minimum atomic E-state index is -0.566. The second-order valence-electron chi connectivity index (χ2n) is 4.08. The Hall–Kier alpha value is -2.18. The average molecular weight is 289 g/mol. The largest absolute Gasteiger partial charge is 0.452 e. The molecular formula is C14H11NO4S. The van der Waals surface area contributed by atoms with Crippen LogP contribution in [-0.2, 0) is 18.0 Å². The lowest BCUT2D eigenvalue weighted by Crippen LogP contribution is -2.03. The molecule has 1 N–H and O–H groups in total. The van der Waals surface area contributed by atoms with Gasteiger partial charge in [-0.05, 0) is 24.3 Å². The van der Waals surface area contributed by atoms with Gasteiger partial charge in [0.1, 0.15) is 24.0 Å². The van der Waals surface area contributed by atoms with Gasteiger partial charge in [-0.2, -0.15) is 0 Å². The van der Waals surface area contributed by atoms with Gasteiger partial charge in [-0.1, -0.05) is 12.1 Å². The number of benzene rings is 1. The van der Waals surface area contributed by atoms with E-state index in [9.17, 15) is 4.79 Å². The molecule has 0 saturated heterocycles. The fourth-order valence-electron chi connectivity index (χ4n) is 1.75. The molecule has 0 fully saturated rings. The Balaban J connectivity index is 1.68. The molecule has 3 aromatic rings. The standard InChI is InChI=1S/C14H11NO4S/c16-7-9-5-6-11(19-9)14(17)18-8-13-15-10-3-1-2-4-12(10)20-13/h1-6,16H,7-8H2. The number of ether oxygens (including phenoxy) is 1. The number of thiazole rings is 1. The van der Waals surface area contributed by atoms with E-state index in [1.54, 1.807) is 0 Å². The van der Waals surface area contributed by atoms with Crippen molar-refractivity contribution in [2.24, 2.45) is 0 Å². The number of esters is 1. The van der Waals surface area contributed by atoms with Crippen molar-refractivity contribution in [3.05, 3.63) is 52.9 Å². The molecule has 0 atom stereocenters. The maximum atomic E-state index is 11.7. The number of hydrogen-bond donors (Lipinski definition) is 1. The van der Waals surface area contributed by atoms with Gasteiger partial charge in [-0.3, -0.25) is 0 Å². The third-order valence-corrected chi connectivity index (χ3v) is 3.69. The van der Waals surface area contributed by atoms with Crippen LogP contribution in [0.2, 0.25) is 0 Å². The molecule has 2 heterocycles. The van der Waals surface area contributed by atoms with Crippen LogP contribution in [0.15, 0.2) is 40.8 Å². The SMILES string of the molecule is O=C(OCc1nc2ccccc2s1)c1ccc(CO)o1. The molecule has 6 heteroatoms. The van der Waals surface area contributed by atoms with Gasteiger partial charge in [0.05, 0.1) is 10.2 Å². The molecule has 2 aromatic heterocycles. The highest BCUT2D eigenvalue weighted by Crippen LogP contribution is 2.22. The van der Waals surface area contributed by atoms with Crippen LogP contribution >= 0.6 is 11.3 Å². The monoisotopic (exact) mass is 289 g/mol. The normalized spacial score (nSPS) is 10.8. The number of carbonyl (C=O) groups is 1. The van der Waals surface area contributed by atoms with Crippen molar-refractivity contribution in [1.82, 2.24) is 4.98 Å². The zero-order valence-corrected chi connectivity index (χ0v) is 11.2. The molecule has 0 spiro atoms. The second-order valence-corrected chi connectivity index (χ2v) is 5.19. The number of hydrogen-bond acceptors (Lipinski definition) is 6. The molecule has 102 valence electrons. The molecule has 0 unspecified atom stereocenters. The minimum Gasteiger partial charge on any atom is -0.452 e. The van der Waals surface area contributed by atoms with Gasteiger partial charge < -0.3 is 14.3 Å². The predicted octanol–water partition coefficient (Wildman–Crippen LogP) is 2.74. The first kappa shape index (κ1) is 12.8. The summed E-state index contributed by atoms with van der Waals surface area (Å²) < 4.78 is 11.3. The van der Waals surface area contributed by atoms with E-state index in [1.807, 2.05) is 24.3 Å². The average Bonchev–Trinajstić information content (AvgIpc) is 3.10. The van der Waals surface area contributed by atoms with E-state index in [4.69, 9.17) is 14.3 Å². The first-order valence-corrected chi connectivity index (χ1v) is 6.79. The molecule has 0 aliphatic rings. The predicted molar refractivity (Wildman–Crippen MR) is 73.4 cm³/mol. The van der Waals surface area contributed by atoms with Crippen molar-refractivity contribution in [1.29, 1.82) is 0 Å². The molecule has 1 aromatic carbocycles. The molecule has 0 aliphatic carbocycles. The number of rotatable bonds is 4. The van der Waals surface area contributed by atoms with Crippen LogP contribution in [0.3, 0.4) is 0 Å². The molecule has 0 amide bonds. The molecular weight excluding hydrogens is 278 g/mol. The van der Waals surface area contributed by atoms with Gasteiger partial charge in [0.15, 0.2) is 0 Å². The van der Waals surface area contributed by atoms with Gasteiger partial charge in [-0.15, -0.1) is 11.3 Å². The van der Waals surface area contributed by atoms with Gasteiger partial charge in [0.25, 0.3) is 0 Å². The Kier molecular flexibility index (Phi) is 3.49. The van der Waals surface area contributed by atoms with Gasteiger partial charge in [0, 0.05) is 0 Å². The number of fused-ring (bicyclic) bond motifs is 1. The summed E-state index contributed by atoms with van der Waals surface area (Å²) in [7, 11) is 0. The summed E-state index contributed by atoms with van der Waals surface area (Å²) in [5.41, 5.74) is 0.893. The van der Waals surface area contributed by atoms with Crippen LogP contribution in [0.4, 0.5) is 0 Å². The molecule has 0 saturated carbocycles. The van der Waals surface area contributed by atoms with Crippen molar-refractivity contribution in [3.8, 4) is 0 Å². The van der Waals surface area contributed by atoms with Crippen LogP contribution in [0.1, 0.15) is 21.3 Å². The molecule has 0 bridgehead atoms. The van der Waals surface area contributed by atoms with E-state index in [-0.39, 0.29) is 19.0 Å². The summed E-state index contributed by atoms with van der Waals surface area (Å²) >= 11 is 1.49. The van der Waals surface area contributed by atoms with Gasteiger partial charge >= 0.3 is 5.97 Å². The Labute approximate surface area is 118 Å². The first-order chi connectivity index (χ1) is 9.76. The quantitative estimate of drug-likeness (QED) is 0.748. The number of nitrogens with zero attached hydrogens (tertiary/aromatic N) is 1. The summed E-state index contributed by atoms with van der Waals surface area (Å²) in [4.78, 5) is 16.1. The second kappa shape index (κ2) is 5.44. The third-order valence-electron chi connectivity index (χ3n) is 2.68. The number of aliphatic hydroxyl groups excluding tert-OH is 1. The third kappa shape index (κ3) is 2.56. The van der Waals surface area contributed by atoms with E-state index >= 15 is 0 Å². The Morgan fingerprint density at radius 1 is 1.30 bits per heavy atom. The van der Waals surface area contributed by atoms with Crippen LogP contribution in [0.5, 0.6) is 0 Å². The number of para-hydroxylation sites is 1. The van der Waals surface area contributed by atoms with E-state index in [0.717, 1.165) is 15.2 Å². The fraction of sp³-hybridized carbons (Fsp3) is 0.143. The van der Waals surface area contributed by atoms with Crippen LogP contribution < -0.4 is 0 Å². The Morgan fingerprint density at radius 3 is 2.90 bits per heavy atom. The van der Waals surface area contributed by atoms with Crippen molar-refractivity contribution in [3.63, 3.8) is 0 Å². The number of aromatic nitrogens is 1. The molecule has 5 nitrogen and oxygen atoms in total. The summed E-state index contributed by atoms with van der Waals surface area (Å²) in [5.74, 6) is -0.156. The first-order valence-electron chi connectivity index (χ1n) is 5.97. The molecule has 3 rings (SSSR count). The topological polar surface area (TPSA) is 72.6 Å². The van der Waals surface area contributed by atoms with E-state index < -0.39 is 5.97 Å². The Morgan fingerprint density at radius 2 is 2.15 bits per heavy atom. The highest BCUT2D eigenvalue weighted by molar-refractivity contribution is 7.18. The van der Waals surface area contributed by atoms with Crippen LogP contribution in [0.25, 0.3) is 10.2 Å². The summed E-state index contributed by atoms with van der Waals surface area (Å²) in [5, 5.41) is 9.60. The molecule has 0 aliphatic heterocycles. The highest BCUT2D eigenvalue weighted by atomic mass is 32.1. The lowest BCUT2D eigenvalue weighted by atomic mass is 10.3. The zero-order valence-electron chi connectivity index (χ0n) is 10.4. The van der Waals surface area contributed by atoms with Crippen LogP contribution in [-0.4, -0.2) is 16.1 Å². The van der Waals surface area contributed by atoms with E-state index in [1.165, 1.54) is 23.5 Å². The summed E-state index contributed by atoms with van der Waals surface area (Å²) in [6.07, 6.45) is 0. The zero-order chi connectivity index (χ0) is 13.9. The number of carbonyl (C=O) groups excluding carboxylic acids is 1. The van der Waals surface area contributed by atoms with Crippen molar-refractivity contribution < 1.29 is 19.1 Å². The highest BCUT2D eigenvalue weighted by Gasteiger charge is 2.13. The van der Waals surface area contributed by atoms with E-state index in [2.05, 4.69) is 4.98 Å². The van der Waals surface area contributed by atoms with Gasteiger partial charge in [0.2, 0.25) is 5.76 Å². The smallest absolute Gasteiger partial charge is 0.374 e. The Bertz CT molecular complexity index is 713. The lowest BCUT2D eigenvalue weighted by Gasteiger charge is -1.99.